The first-order valence-corrected chi connectivity index (χ1v) is 7.56. The van der Waals surface area contributed by atoms with Crippen molar-refractivity contribution in [1.29, 1.82) is 0 Å². The van der Waals surface area contributed by atoms with E-state index in [4.69, 9.17) is 0 Å². The highest BCUT2D eigenvalue weighted by Crippen LogP contribution is 2.26. The lowest BCUT2D eigenvalue weighted by atomic mass is 10.0. The van der Waals surface area contributed by atoms with E-state index in [1.807, 2.05) is 18.2 Å². The molecule has 3 rings (SSSR count). The molecule has 0 aromatic heterocycles. The van der Waals surface area contributed by atoms with Gasteiger partial charge in [-0.3, -0.25) is 4.79 Å². The van der Waals surface area contributed by atoms with Crippen molar-refractivity contribution in [3.63, 3.8) is 0 Å². The quantitative estimate of drug-likeness (QED) is 0.853. The smallest absolute Gasteiger partial charge is 0.256 e. The molecule has 5 heteroatoms. The zero-order valence-corrected chi connectivity index (χ0v) is 12.8. The van der Waals surface area contributed by atoms with Crippen molar-refractivity contribution in [3.05, 3.63) is 57.8 Å². The molecule has 0 unspecified atom stereocenters. The third-order valence-corrected chi connectivity index (χ3v) is 4.17. The van der Waals surface area contributed by atoms with Crippen LogP contribution < -0.4 is 10.6 Å². The molecule has 0 saturated heterocycles. The summed E-state index contributed by atoms with van der Waals surface area (Å²) in [6, 6.07) is 9.85. The average molecular weight is 349 g/mol. The number of rotatable bonds is 2. The second kappa shape index (κ2) is 5.85. The first kappa shape index (κ1) is 14.1. The highest BCUT2D eigenvalue weighted by molar-refractivity contribution is 9.10. The fraction of sp³-hybridized carbons (Fsp3) is 0.188. The number of carbonyl (C=O) groups excluding carboxylic acids is 1. The summed E-state index contributed by atoms with van der Waals surface area (Å²) in [5.41, 5.74) is 3.29. The van der Waals surface area contributed by atoms with E-state index in [2.05, 4.69) is 26.6 Å². The molecule has 21 heavy (non-hydrogen) atoms. The zero-order chi connectivity index (χ0) is 14.8. The Morgan fingerprint density at radius 1 is 1.24 bits per heavy atom. The summed E-state index contributed by atoms with van der Waals surface area (Å²) >= 11 is 3.26. The van der Waals surface area contributed by atoms with Crippen LogP contribution in [0.3, 0.4) is 0 Å². The van der Waals surface area contributed by atoms with Gasteiger partial charge < -0.3 is 10.6 Å². The number of fused-ring (bicyclic) bond motifs is 1. The van der Waals surface area contributed by atoms with Crippen LogP contribution in [0, 0.1) is 5.82 Å². The van der Waals surface area contributed by atoms with Crippen LogP contribution in [0.25, 0.3) is 0 Å². The van der Waals surface area contributed by atoms with E-state index in [1.165, 1.54) is 23.8 Å². The van der Waals surface area contributed by atoms with Gasteiger partial charge in [-0.15, -0.1) is 0 Å². The summed E-state index contributed by atoms with van der Waals surface area (Å²) in [5, 5.41) is 6.12. The molecule has 0 spiro atoms. The van der Waals surface area contributed by atoms with Crippen LogP contribution in [-0.2, 0) is 6.42 Å². The molecular formula is C16H14BrFN2O. The van der Waals surface area contributed by atoms with Crippen molar-refractivity contribution in [3.8, 4) is 0 Å². The molecule has 2 N–H and O–H groups in total. The van der Waals surface area contributed by atoms with Gasteiger partial charge in [0.05, 0.1) is 5.56 Å². The number of benzene rings is 2. The van der Waals surface area contributed by atoms with E-state index >= 15 is 0 Å². The summed E-state index contributed by atoms with van der Waals surface area (Å²) in [5.74, 6) is -0.771. The Balaban J connectivity index is 1.83. The Morgan fingerprint density at radius 3 is 2.95 bits per heavy atom. The van der Waals surface area contributed by atoms with E-state index in [1.54, 1.807) is 0 Å². The van der Waals surface area contributed by atoms with Crippen molar-refractivity contribution < 1.29 is 9.18 Å². The van der Waals surface area contributed by atoms with Crippen LogP contribution in [0.15, 0.2) is 40.9 Å². The van der Waals surface area contributed by atoms with Crippen LogP contribution in [0.4, 0.5) is 15.8 Å². The maximum Gasteiger partial charge on any atom is 0.256 e. The minimum atomic E-state index is -0.435. The average Bonchev–Trinajstić information content (AvgIpc) is 2.49. The summed E-state index contributed by atoms with van der Waals surface area (Å²) in [7, 11) is 0. The molecule has 0 fully saturated rings. The maximum absolute atomic E-state index is 13.3. The number of carbonyl (C=O) groups is 1. The second-order valence-corrected chi connectivity index (χ2v) is 5.83. The molecule has 1 aliphatic heterocycles. The third-order valence-electron chi connectivity index (χ3n) is 3.48. The maximum atomic E-state index is 13.3. The van der Waals surface area contributed by atoms with Crippen molar-refractivity contribution >= 4 is 33.2 Å². The van der Waals surface area contributed by atoms with Crippen LogP contribution >= 0.6 is 15.9 Å². The van der Waals surface area contributed by atoms with E-state index in [0.29, 0.717) is 10.2 Å². The van der Waals surface area contributed by atoms with Gasteiger partial charge in [-0.05, 0) is 64.7 Å². The van der Waals surface area contributed by atoms with Crippen LogP contribution in [0.1, 0.15) is 22.3 Å². The highest BCUT2D eigenvalue weighted by atomic mass is 79.9. The fourth-order valence-corrected chi connectivity index (χ4v) is 2.84. The zero-order valence-electron chi connectivity index (χ0n) is 11.2. The normalized spacial score (nSPS) is 13.2. The van der Waals surface area contributed by atoms with Gasteiger partial charge in [0.15, 0.2) is 0 Å². The highest BCUT2D eigenvalue weighted by Gasteiger charge is 2.13. The molecular weight excluding hydrogens is 335 g/mol. The number of hydrogen-bond acceptors (Lipinski definition) is 2. The van der Waals surface area contributed by atoms with E-state index in [0.717, 1.165) is 25.1 Å². The monoisotopic (exact) mass is 348 g/mol. The van der Waals surface area contributed by atoms with Gasteiger partial charge >= 0.3 is 0 Å². The number of halogens is 2. The fourth-order valence-electron chi connectivity index (χ4n) is 2.41. The Labute approximate surface area is 130 Å². The van der Waals surface area contributed by atoms with Crippen molar-refractivity contribution in [2.24, 2.45) is 0 Å². The molecule has 108 valence electrons. The van der Waals surface area contributed by atoms with Crippen molar-refractivity contribution in [2.75, 3.05) is 17.2 Å². The summed E-state index contributed by atoms with van der Waals surface area (Å²) < 4.78 is 13.8. The van der Waals surface area contributed by atoms with Gasteiger partial charge in [0.1, 0.15) is 5.82 Å². The van der Waals surface area contributed by atoms with Crippen molar-refractivity contribution in [1.82, 2.24) is 0 Å². The summed E-state index contributed by atoms with van der Waals surface area (Å²) in [4.78, 5) is 12.2. The van der Waals surface area contributed by atoms with E-state index in [9.17, 15) is 9.18 Å². The Bertz CT molecular complexity index is 703. The molecule has 1 aliphatic rings. The molecule has 3 nitrogen and oxygen atoms in total. The molecule has 0 atom stereocenters. The molecule has 0 radical (unpaired) electrons. The molecule has 1 amide bonds. The molecule has 2 aromatic carbocycles. The van der Waals surface area contributed by atoms with Gasteiger partial charge in [-0.2, -0.15) is 0 Å². The standard InChI is InChI=1S/C16H14BrFN2O/c17-14-6-4-11(18)8-13(14)16(21)20-12-5-3-10-2-1-7-19-15(10)9-12/h3-6,8-9,19H,1-2,7H2,(H,20,21). The summed E-state index contributed by atoms with van der Waals surface area (Å²) in [6.45, 7) is 0.944. The molecule has 0 saturated carbocycles. The number of nitrogens with one attached hydrogen (secondary N) is 2. The predicted molar refractivity (Wildman–Crippen MR) is 85.3 cm³/mol. The molecule has 0 bridgehead atoms. The summed E-state index contributed by atoms with van der Waals surface area (Å²) in [6.07, 6.45) is 2.17. The minimum absolute atomic E-state index is 0.278. The van der Waals surface area contributed by atoms with Gasteiger partial charge in [0.2, 0.25) is 0 Å². The number of anilines is 2. The van der Waals surface area contributed by atoms with Crippen LogP contribution in [0.5, 0.6) is 0 Å². The second-order valence-electron chi connectivity index (χ2n) is 4.98. The Kier molecular flexibility index (Phi) is 3.92. The molecule has 2 aromatic rings. The van der Waals surface area contributed by atoms with Crippen molar-refractivity contribution in [2.45, 2.75) is 12.8 Å². The molecule has 0 aliphatic carbocycles. The first-order valence-electron chi connectivity index (χ1n) is 6.77. The lowest BCUT2D eigenvalue weighted by molar-refractivity contribution is 0.102. The van der Waals surface area contributed by atoms with Crippen LogP contribution in [-0.4, -0.2) is 12.5 Å². The van der Waals surface area contributed by atoms with Gasteiger partial charge in [0.25, 0.3) is 5.91 Å². The Morgan fingerprint density at radius 2 is 2.10 bits per heavy atom. The Hall–Kier alpha value is -1.88. The SMILES string of the molecule is O=C(Nc1ccc2c(c1)NCCC2)c1cc(F)ccc1Br. The lowest BCUT2D eigenvalue weighted by Gasteiger charge is -2.19. The number of amides is 1. The van der Waals surface area contributed by atoms with Gasteiger partial charge in [-0.25, -0.2) is 4.39 Å². The van der Waals surface area contributed by atoms with Gasteiger partial charge in [-0.1, -0.05) is 6.07 Å². The largest absolute Gasteiger partial charge is 0.385 e. The van der Waals surface area contributed by atoms with Gasteiger partial charge in [0, 0.05) is 22.4 Å². The minimum Gasteiger partial charge on any atom is -0.385 e. The van der Waals surface area contributed by atoms with E-state index in [-0.39, 0.29) is 11.5 Å². The van der Waals surface area contributed by atoms with E-state index < -0.39 is 5.82 Å². The topological polar surface area (TPSA) is 41.1 Å². The number of hydrogen-bond donors (Lipinski definition) is 2. The molecule has 1 heterocycles. The third kappa shape index (κ3) is 3.08. The number of aryl methyl sites for hydroxylation is 1. The predicted octanol–water partition coefficient (Wildman–Crippen LogP) is 4.20. The first-order chi connectivity index (χ1) is 10.1. The van der Waals surface area contributed by atoms with Crippen LogP contribution in [0.2, 0.25) is 0 Å². The lowest BCUT2D eigenvalue weighted by Crippen LogP contribution is -2.15.